The largest absolute Gasteiger partial charge is 0.507 e. The molecular weight excluding hydrogens is 520 g/mol. The van der Waals surface area contributed by atoms with Crippen molar-refractivity contribution in [3.05, 3.63) is 65.2 Å². The van der Waals surface area contributed by atoms with E-state index in [1.54, 1.807) is 31.3 Å². The van der Waals surface area contributed by atoms with E-state index >= 15 is 0 Å². The molecule has 39 heavy (non-hydrogen) atoms. The molecule has 11 heteroatoms. The average Bonchev–Trinajstić information content (AvgIpc) is 3.30. The van der Waals surface area contributed by atoms with Crippen LogP contribution in [0.2, 0.25) is 0 Å². The van der Waals surface area contributed by atoms with Crippen LogP contribution in [0, 0.1) is 0 Å². The fourth-order valence-corrected chi connectivity index (χ4v) is 7.34. The van der Waals surface area contributed by atoms with E-state index in [1.807, 2.05) is 19.0 Å². The SMILES string of the molecule is CN(C)CCN1C(=O)C(=O)/C(=C(/O)c2cccc(S(=O)(=O)N3CCCCC3)c2)C12C(=O)N(C)c1ccccc12. The quantitative estimate of drug-likeness (QED) is 0.331. The third-order valence-electron chi connectivity index (χ3n) is 7.77. The van der Waals surface area contributed by atoms with Crippen molar-refractivity contribution in [2.24, 2.45) is 0 Å². The van der Waals surface area contributed by atoms with Crippen molar-refractivity contribution >= 4 is 39.1 Å². The first-order valence-corrected chi connectivity index (χ1v) is 14.4. The number of para-hydroxylation sites is 1. The number of aliphatic hydroxyl groups is 1. The van der Waals surface area contributed by atoms with Gasteiger partial charge in [0.15, 0.2) is 5.54 Å². The highest BCUT2D eigenvalue weighted by Gasteiger charge is 2.66. The van der Waals surface area contributed by atoms with E-state index in [0.29, 0.717) is 30.9 Å². The van der Waals surface area contributed by atoms with Crippen molar-refractivity contribution < 1.29 is 27.9 Å². The molecule has 3 aliphatic rings. The first kappa shape index (κ1) is 27.0. The van der Waals surface area contributed by atoms with Crippen molar-refractivity contribution in [3.63, 3.8) is 0 Å². The van der Waals surface area contributed by atoms with E-state index in [2.05, 4.69) is 0 Å². The number of anilines is 1. The summed E-state index contributed by atoms with van der Waals surface area (Å²) in [6.07, 6.45) is 2.50. The minimum absolute atomic E-state index is 0.0281. The Bertz CT molecular complexity index is 1490. The summed E-state index contributed by atoms with van der Waals surface area (Å²) in [5.41, 5.74) is -1.26. The first-order valence-electron chi connectivity index (χ1n) is 13.0. The predicted octanol–water partition coefficient (Wildman–Crippen LogP) is 1.98. The Kier molecular flexibility index (Phi) is 6.86. The molecule has 3 heterocycles. The summed E-state index contributed by atoms with van der Waals surface area (Å²) >= 11 is 0. The van der Waals surface area contributed by atoms with E-state index in [9.17, 15) is 27.9 Å². The van der Waals surface area contributed by atoms with Crippen molar-refractivity contribution in [1.29, 1.82) is 0 Å². The Hall–Kier alpha value is -3.54. The molecule has 5 rings (SSSR count). The van der Waals surface area contributed by atoms with Crippen LogP contribution in [0.15, 0.2) is 59.0 Å². The number of ketones is 1. The molecule has 0 saturated carbocycles. The molecule has 0 aromatic heterocycles. The number of rotatable bonds is 6. The maximum absolute atomic E-state index is 14.0. The van der Waals surface area contributed by atoms with Gasteiger partial charge >= 0.3 is 0 Å². The van der Waals surface area contributed by atoms with Gasteiger partial charge in [0.1, 0.15) is 5.76 Å². The molecule has 3 aliphatic heterocycles. The van der Waals surface area contributed by atoms with Crippen LogP contribution in [0.4, 0.5) is 5.69 Å². The zero-order valence-corrected chi connectivity index (χ0v) is 23.1. The second kappa shape index (κ2) is 9.89. The molecule has 0 bridgehead atoms. The van der Waals surface area contributed by atoms with Gasteiger partial charge in [-0.25, -0.2) is 8.42 Å². The molecule has 2 saturated heterocycles. The summed E-state index contributed by atoms with van der Waals surface area (Å²) in [5, 5.41) is 11.6. The fraction of sp³-hybridized carbons (Fsp3) is 0.393. The van der Waals surface area contributed by atoms with E-state index in [1.165, 1.54) is 38.4 Å². The Labute approximate surface area is 228 Å². The predicted molar refractivity (Wildman–Crippen MR) is 145 cm³/mol. The van der Waals surface area contributed by atoms with Gasteiger partial charge in [-0.15, -0.1) is 0 Å². The standard InChI is InChI=1S/C28H32N4O6S/c1-29(2)16-17-32-26(35)25(34)23(28(32)21-12-5-6-13-22(21)30(3)27(28)36)24(33)19-10-9-11-20(18-19)39(37,38)31-14-7-4-8-15-31/h5-6,9-13,18,33H,4,7-8,14-17H2,1-3H3/b24-23-. The van der Waals surface area contributed by atoms with Gasteiger partial charge < -0.3 is 19.8 Å². The molecule has 206 valence electrons. The van der Waals surface area contributed by atoms with Gasteiger partial charge in [0, 0.05) is 50.0 Å². The van der Waals surface area contributed by atoms with E-state index in [0.717, 1.165) is 19.3 Å². The molecule has 0 radical (unpaired) electrons. The second-order valence-corrected chi connectivity index (χ2v) is 12.3. The maximum Gasteiger partial charge on any atom is 0.296 e. The number of hydrogen-bond donors (Lipinski definition) is 1. The smallest absolute Gasteiger partial charge is 0.296 e. The Morgan fingerprint density at radius 2 is 1.69 bits per heavy atom. The van der Waals surface area contributed by atoms with Crippen molar-refractivity contribution in [2.45, 2.75) is 29.7 Å². The molecule has 1 unspecified atom stereocenters. The lowest BCUT2D eigenvalue weighted by molar-refractivity contribution is -0.143. The summed E-state index contributed by atoms with van der Waals surface area (Å²) in [6, 6.07) is 12.6. The van der Waals surface area contributed by atoms with Crippen molar-refractivity contribution in [3.8, 4) is 0 Å². The number of aliphatic hydroxyl groups excluding tert-OH is 1. The van der Waals surface area contributed by atoms with Crippen LogP contribution in [0.25, 0.3) is 5.76 Å². The van der Waals surface area contributed by atoms with Crippen LogP contribution in [0.3, 0.4) is 0 Å². The molecule has 1 atom stereocenters. The molecule has 1 N–H and O–H groups in total. The number of carbonyl (C=O) groups excluding carboxylic acids is 3. The van der Waals surface area contributed by atoms with Gasteiger partial charge in [0.05, 0.1) is 10.5 Å². The average molecular weight is 553 g/mol. The molecule has 10 nitrogen and oxygen atoms in total. The normalized spacial score (nSPS) is 23.3. The molecule has 2 aromatic carbocycles. The highest BCUT2D eigenvalue weighted by Crippen LogP contribution is 2.53. The van der Waals surface area contributed by atoms with Crippen LogP contribution in [0.5, 0.6) is 0 Å². The highest BCUT2D eigenvalue weighted by atomic mass is 32.2. The number of benzene rings is 2. The van der Waals surface area contributed by atoms with Crippen LogP contribution in [0.1, 0.15) is 30.4 Å². The Morgan fingerprint density at radius 3 is 2.38 bits per heavy atom. The van der Waals surface area contributed by atoms with E-state index in [-0.39, 0.29) is 22.6 Å². The van der Waals surface area contributed by atoms with E-state index < -0.39 is 38.9 Å². The lowest BCUT2D eigenvalue weighted by Gasteiger charge is -2.34. The Balaban J connectivity index is 1.71. The summed E-state index contributed by atoms with van der Waals surface area (Å²) in [7, 11) is 1.36. The maximum atomic E-state index is 14.0. The third-order valence-corrected chi connectivity index (χ3v) is 9.67. The molecule has 1 spiro atoms. The van der Waals surface area contributed by atoms with Gasteiger partial charge in [-0.1, -0.05) is 36.8 Å². The number of amides is 2. The summed E-state index contributed by atoms with van der Waals surface area (Å²) in [4.78, 5) is 45.5. The minimum Gasteiger partial charge on any atom is -0.507 e. The van der Waals surface area contributed by atoms with E-state index in [4.69, 9.17) is 0 Å². The van der Waals surface area contributed by atoms with Crippen LogP contribution in [-0.2, 0) is 29.9 Å². The van der Waals surface area contributed by atoms with Gasteiger partial charge in [-0.3, -0.25) is 14.4 Å². The van der Waals surface area contributed by atoms with Crippen LogP contribution in [-0.4, -0.2) is 92.5 Å². The zero-order chi connectivity index (χ0) is 28.1. The van der Waals surface area contributed by atoms with Crippen molar-refractivity contribution in [2.75, 3.05) is 52.2 Å². The summed E-state index contributed by atoms with van der Waals surface area (Å²) < 4.78 is 28.1. The molecule has 2 fully saturated rings. The van der Waals surface area contributed by atoms with Gasteiger partial charge in [0.2, 0.25) is 10.0 Å². The number of nitrogens with zero attached hydrogens (tertiary/aromatic N) is 4. The van der Waals surface area contributed by atoms with Crippen LogP contribution < -0.4 is 4.90 Å². The lowest BCUT2D eigenvalue weighted by atomic mass is 9.82. The number of likely N-dealkylation sites (N-methyl/N-ethyl adjacent to an activating group) is 2. The number of sulfonamides is 1. The number of fused-ring (bicyclic) bond motifs is 2. The second-order valence-electron chi connectivity index (χ2n) is 10.4. The third kappa shape index (κ3) is 4.07. The number of Topliss-reactive ketones (excluding diaryl/α,β-unsaturated/α-hetero) is 1. The Morgan fingerprint density at radius 1 is 1.00 bits per heavy atom. The molecule has 0 aliphatic carbocycles. The van der Waals surface area contributed by atoms with Gasteiger partial charge in [-0.05, 0) is 45.1 Å². The number of carbonyl (C=O) groups is 3. The lowest BCUT2D eigenvalue weighted by Crippen LogP contribution is -2.52. The summed E-state index contributed by atoms with van der Waals surface area (Å²) in [5.74, 6) is -3.02. The molecular formula is C28H32N4O6S. The first-order chi connectivity index (χ1) is 18.5. The number of likely N-dealkylation sites (tertiary alicyclic amines) is 1. The fourth-order valence-electron chi connectivity index (χ4n) is 5.77. The molecule has 2 aromatic rings. The monoisotopic (exact) mass is 552 g/mol. The highest BCUT2D eigenvalue weighted by molar-refractivity contribution is 7.89. The topological polar surface area (TPSA) is 119 Å². The summed E-state index contributed by atoms with van der Waals surface area (Å²) in [6.45, 7) is 1.26. The van der Waals surface area contributed by atoms with Crippen molar-refractivity contribution in [1.82, 2.24) is 14.1 Å². The zero-order valence-electron chi connectivity index (χ0n) is 22.3. The van der Waals surface area contributed by atoms with Gasteiger partial charge in [-0.2, -0.15) is 4.31 Å². The number of piperidine rings is 1. The minimum atomic E-state index is -3.83. The molecule has 2 amide bonds. The number of hydrogen-bond acceptors (Lipinski definition) is 7. The van der Waals surface area contributed by atoms with Gasteiger partial charge in [0.25, 0.3) is 17.6 Å². The van der Waals surface area contributed by atoms with Crippen LogP contribution >= 0.6 is 0 Å².